The Morgan fingerprint density at radius 3 is 2.58 bits per heavy atom. The zero-order chi connectivity index (χ0) is 27.1. The summed E-state index contributed by atoms with van der Waals surface area (Å²) >= 11 is 0. The van der Waals surface area contributed by atoms with Crippen LogP contribution >= 0.6 is 0 Å². The first-order valence-electron chi connectivity index (χ1n) is 12.7. The van der Waals surface area contributed by atoms with Crippen molar-refractivity contribution in [3.63, 3.8) is 0 Å². The fourth-order valence-electron chi connectivity index (χ4n) is 4.51. The monoisotopic (exact) mass is 519 g/mol. The van der Waals surface area contributed by atoms with Gasteiger partial charge in [0.1, 0.15) is 24.1 Å². The van der Waals surface area contributed by atoms with E-state index >= 15 is 0 Å². The number of carbonyl (C=O) groups excluding carboxylic acids is 4. The zero-order valence-corrected chi connectivity index (χ0v) is 21.4. The molecule has 0 bridgehead atoms. The van der Waals surface area contributed by atoms with Gasteiger partial charge in [0.05, 0.1) is 5.69 Å². The summed E-state index contributed by atoms with van der Waals surface area (Å²) in [6.07, 6.45) is 3.55. The predicted octanol–water partition coefficient (Wildman–Crippen LogP) is 1.01. The summed E-state index contributed by atoms with van der Waals surface area (Å²) in [4.78, 5) is 54.4. The van der Waals surface area contributed by atoms with Gasteiger partial charge in [-0.2, -0.15) is 0 Å². The average Bonchev–Trinajstić information content (AvgIpc) is 3.40. The van der Waals surface area contributed by atoms with E-state index in [2.05, 4.69) is 15.5 Å². The fourth-order valence-corrected chi connectivity index (χ4v) is 4.51. The van der Waals surface area contributed by atoms with Gasteiger partial charge in [-0.3, -0.25) is 19.2 Å². The Morgan fingerprint density at radius 2 is 1.84 bits per heavy atom. The Kier molecular flexibility index (Phi) is 8.75. The quantitative estimate of drug-likeness (QED) is 0.421. The van der Waals surface area contributed by atoms with Crippen LogP contribution < -0.4 is 26.0 Å². The number of allylic oxidation sites excluding steroid dienone is 1. The summed E-state index contributed by atoms with van der Waals surface area (Å²) < 4.78 is 5.78. The van der Waals surface area contributed by atoms with Crippen molar-refractivity contribution in [1.82, 2.24) is 15.5 Å². The zero-order valence-electron chi connectivity index (χ0n) is 21.4. The van der Waals surface area contributed by atoms with Crippen molar-refractivity contribution in [2.24, 2.45) is 5.73 Å². The molecule has 0 aliphatic carbocycles. The maximum absolute atomic E-state index is 13.1. The van der Waals surface area contributed by atoms with Crippen LogP contribution in [0.4, 0.5) is 5.69 Å². The summed E-state index contributed by atoms with van der Waals surface area (Å²) in [5, 5.41) is 5.47. The van der Waals surface area contributed by atoms with Crippen LogP contribution in [-0.4, -0.2) is 74.3 Å². The molecule has 1 unspecified atom stereocenters. The van der Waals surface area contributed by atoms with Crippen LogP contribution in [0.1, 0.15) is 28.8 Å². The Morgan fingerprint density at radius 1 is 1.11 bits per heavy atom. The molecule has 3 amide bonds. The number of nitrogens with zero attached hydrogens (tertiary/aromatic N) is 2. The van der Waals surface area contributed by atoms with Gasteiger partial charge >= 0.3 is 0 Å². The number of ether oxygens (including phenoxy) is 1. The topological polar surface area (TPSA) is 134 Å². The third kappa shape index (κ3) is 6.77. The largest absolute Gasteiger partial charge is 0.489 e. The van der Waals surface area contributed by atoms with Gasteiger partial charge in [0.15, 0.2) is 5.78 Å². The molecule has 38 heavy (non-hydrogen) atoms. The molecule has 0 radical (unpaired) electrons. The number of nitrogens with two attached hydrogens (primary N) is 1. The van der Waals surface area contributed by atoms with Crippen LogP contribution in [0, 0.1) is 0 Å². The van der Waals surface area contributed by atoms with Crippen molar-refractivity contribution in [1.29, 1.82) is 0 Å². The lowest BCUT2D eigenvalue weighted by Gasteiger charge is -2.21. The maximum atomic E-state index is 13.1. The highest BCUT2D eigenvalue weighted by molar-refractivity contribution is 6.06. The summed E-state index contributed by atoms with van der Waals surface area (Å²) in [5.74, 6) is -1.34. The third-order valence-electron chi connectivity index (χ3n) is 6.63. The molecule has 10 heteroatoms. The maximum Gasteiger partial charge on any atom is 0.268 e. The van der Waals surface area contributed by atoms with E-state index in [1.807, 2.05) is 18.2 Å². The Labute approximate surface area is 221 Å². The number of rotatable bonds is 9. The molecule has 1 atom stereocenters. The minimum atomic E-state index is -1.03. The molecule has 2 aliphatic heterocycles. The molecule has 4 rings (SSSR count). The van der Waals surface area contributed by atoms with Gasteiger partial charge in [-0.15, -0.1) is 0 Å². The number of hydrogen-bond acceptors (Lipinski definition) is 7. The van der Waals surface area contributed by atoms with Gasteiger partial charge in [-0.1, -0.05) is 30.3 Å². The van der Waals surface area contributed by atoms with Crippen LogP contribution in [0.15, 0.2) is 60.3 Å². The molecule has 0 aromatic heterocycles. The minimum absolute atomic E-state index is 0.104. The molecule has 0 spiro atoms. The molecule has 4 N–H and O–H groups in total. The van der Waals surface area contributed by atoms with E-state index in [0.29, 0.717) is 23.5 Å². The number of ketones is 1. The number of anilines is 1. The van der Waals surface area contributed by atoms with Crippen LogP contribution in [-0.2, 0) is 20.8 Å². The molecule has 2 aromatic rings. The lowest BCUT2D eigenvalue weighted by atomic mass is 10.1. The van der Waals surface area contributed by atoms with Crippen LogP contribution in [0.2, 0.25) is 0 Å². The minimum Gasteiger partial charge on any atom is -0.489 e. The van der Waals surface area contributed by atoms with E-state index in [9.17, 15) is 19.2 Å². The molecule has 1 saturated heterocycles. The molecular formula is C28H33N5O5. The molecule has 2 aromatic carbocycles. The Balaban J connectivity index is 1.36. The standard InChI is InChI=1S/C28H33N5O5/c1-32-24-16-20(26(35)30-11-14-33-12-5-6-13-33)9-10-25(24)38-18-23(28(32)37)31-27(36)22(29)17-21(34)15-19-7-3-2-4-8-19/h2-4,7-10,16-17,23H,5-6,11-15,18,29H2,1H3,(H,30,35)(H,31,36). The average molecular weight is 520 g/mol. The van der Waals surface area contributed by atoms with Gasteiger partial charge in [0, 0.05) is 38.2 Å². The third-order valence-corrected chi connectivity index (χ3v) is 6.63. The van der Waals surface area contributed by atoms with Gasteiger partial charge in [0.25, 0.3) is 17.7 Å². The number of benzene rings is 2. The number of likely N-dealkylation sites (tertiary alicyclic amines) is 1. The van der Waals surface area contributed by atoms with E-state index in [0.717, 1.165) is 31.3 Å². The number of likely N-dealkylation sites (N-methyl/N-ethyl adjacent to an activating group) is 1. The van der Waals surface area contributed by atoms with Crippen molar-refractivity contribution in [3.05, 3.63) is 71.4 Å². The molecule has 1 fully saturated rings. The van der Waals surface area contributed by atoms with Crippen molar-refractivity contribution >= 4 is 29.2 Å². The smallest absolute Gasteiger partial charge is 0.268 e. The first kappa shape index (κ1) is 26.9. The summed E-state index contributed by atoms with van der Waals surface area (Å²) in [7, 11) is 1.55. The Bertz CT molecular complexity index is 1220. The van der Waals surface area contributed by atoms with Crippen LogP contribution in [0.25, 0.3) is 0 Å². The highest BCUT2D eigenvalue weighted by Crippen LogP contribution is 2.31. The first-order valence-corrected chi connectivity index (χ1v) is 12.7. The second kappa shape index (κ2) is 12.4. The van der Waals surface area contributed by atoms with Crippen LogP contribution in [0.5, 0.6) is 5.75 Å². The van der Waals surface area contributed by atoms with E-state index in [-0.39, 0.29) is 30.4 Å². The van der Waals surface area contributed by atoms with Gasteiger partial charge < -0.3 is 30.9 Å². The second-order valence-electron chi connectivity index (χ2n) is 9.45. The summed E-state index contributed by atoms with van der Waals surface area (Å²) in [6.45, 7) is 3.33. The lowest BCUT2D eigenvalue weighted by molar-refractivity contribution is -0.126. The van der Waals surface area contributed by atoms with E-state index in [1.165, 1.54) is 17.7 Å². The van der Waals surface area contributed by atoms with Crippen molar-refractivity contribution < 1.29 is 23.9 Å². The van der Waals surface area contributed by atoms with Crippen LogP contribution in [0.3, 0.4) is 0 Å². The number of fused-ring (bicyclic) bond motifs is 1. The predicted molar refractivity (Wildman–Crippen MR) is 143 cm³/mol. The lowest BCUT2D eigenvalue weighted by Crippen LogP contribution is -2.50. The molecule has 2 heterocycles. The number of amides is 3. The van der Waals surface area contributed by atoms with E-state index < -0.39 is 17.9 Å². The van der Waals surface area contributed by atoms with E-state index in [4.69, 9.17) is 10.5 Å². The summed E-state index contributed by atoms with van der Waals surface area (Å²) in [6, 6.07) is 12.9. The van der Waals surface area contributed by atoms with Crippen molar-refractivity contribution in [3.8, 4) is 5.75 Å². The first-order chi connectivity index (χ1) is 18.3. The Hall–Kier alpha value is -4.18. The van der Waals surface area contributed by atoms with Gasteiger partial charge in [-0.05, 0) is 49.7 Å². The SMILES string of the molecule is CN1C(=O)C(NC(=O)C(N)=CC(=O)Cc2ccccc2)COc2ccc(C(=O)NCCN3CCCC3)cc21. The molecule has 0 saturated carbocycles. The van der Waals surface area contributed by atoms with Gasteiger partial charge in [0.2, 0.25) is 0 Å². The number of carbonyl (C=O) groups is 4. The van der Waals surface area contributed by atoms with E-state index in [1.54, 1.807) is 37.4 Å². The molecular weight excluding hydrogens is 486 g/mol. The highest BCUT2D eigenvalue weighted by atomic mass is 16.5. The molecule has 10 nitrogen and oxygen atoms in total. The van der Waals surface area contributed by atoms with Gasteiger partial charge in [-0.25, -0.2) is 0 Å². The fraction of sp³-hybridized carbons (Fsp3) is 0.357. The molecule has 200 valence electrons. The summed E-state index contributed by atoms with van der Waals surface area (Å²) in [5.41, 5.74) is 7.16. The second-order valence-corrected chi connectivity index (χ2v) is 9.45. The van der Waals surface area contributed by atoms with Crippen molar-refractivity contribution in [2.45, 2.75) is 25.3 Å². The highest BCUT2D eigenvalue weighted by Gasteiger charge is 2.31. The number of hydrogen-bond donors (Lipinski definition) is 3. The normalized spacial score (nSPS) is 17.8. The molecule has 2 aliphatic rings. The number of nitrogens with one attached hydrogen (secondary N) is 2. The van der Waals surface area contributed by atoms with Crippen molar-refractivity contribution in [2.75, 3.05) is 44.7 Å².